The van der Waals surface area contributed by atoms with Crippen molar-refractivity contribution in [2.24, 2.45) is 0 Å². The maximum Gasteiger partial charge on any atom is 0.254 e. The van der Waals surface area contributed by atoms with E-state index in [0.29, 0.717) is 26.2 Å². The lowest BCUT2D eigenvalue weighted by atomic mass is 10.2. The fourth-order valence-corrected chi connectivity index (χ4v) is 4.68. The van der Waals surface area contributed by atoms with Gasteiger partial charge >= 0.3 is 0 Å². The average molecular weight is 343 g/mol. The first-order valence-electron chi connectivity index (χ1n) is 7.46. The Morgan fingerprint density at radius 3 is 2.50 bits per heavy atom. The van der Waals surface area contributed by atoms with Gasteiger partial charge in [0.1, 0.15) is 0 Å². The molecule has 22 heavy (non-hydrogen) atoms. The lowest BCUT2D eigenvalue weighted by Crippen LogP contribution is -2.52. The van der Waals surface area contributed by atoms with Gasteiger partial charge in [-0.2, -0.15) is 11.3 Å². The second-order valence-corrected chi connectivity index (χ2v) is 8.67. The summed E-state index contributed by atoms with van der Waals surface area (Å²) >= 11 is 1.54. The molecule has 6 nitrogen and oxygen atoms in total. The first-order chi connectivity index (χ1) is 10.4. The topological polar surface area (TPSA) is 60.9 Å². The predicted molar refractivity (Wildman–Crippen MR) is 86.6 cm³/mol. The molecule has 2 saturated heterocycles. The molecule has 122 valence electrons. The second kappa shape index (κ2) is 6.27. The van der Waals surface area contributed by atoms with Crippen LogP contribution < -0.4 is 0 Å². The van der Waals surface area contributed by atoms with Crippen LogP contribution in [-0.4, -0.2) is 80.0 Å². The van der Waals surface area contributed by atoms with Crippen molar-refractivity contribution in [3.05, 3.63) is 22.4 Å². The third-order valence-electron chi connectivity index (χ3n) is 4.48. The molecule has 0 saturated carbocycles. The van der Waals surface area contributed by atoms with Crippen LogP contribution in [0.25, 0.3) is 0 Å². The summed E-state index contributed by atoms with van der Waals surface area (Å²) in [5.41, 5.74) is 0.766. The SMILES string of the molecule is CS(=O)(=O)N1CCC(N2CCN(C(=O)c3ccsc3)CC2)C1. The first kappa shape index (κ1) is 15.9. The number of nitrogens with zero attached hydrogens (tertiary/aromatic N) is 3. The molecule has 3 heterocycles. The summed E-state index contributed by atoms with van der Waals surface area (Å²) in [5, 5.41) is 3.80. The van der Waals surface area contributed by atoms with Crippen LogP contribution in [0.5, 0.6) is 0 Å². The number of thiophene rings is 1. The standard InChI is InChI=1S/C14H21N3O3S2/c1-22(19,20)17-4-2-13(10-17)15-5-7-16(8-6-15)14(18)12-3-9-21-11-12/h3,9,11,13H,2,4-8,10H2,1H3. The first-order valence-corrected chi connectivity index (χ1v) is 10.2. The molecular weight excluding hydrogens is 322 g/mol. The minimum absolute atomic E-state index is 0.102. The molecule has 0 spiro atoms. The molecule has 1 amide bonds. The van der Waals surface area contributed by atoms with E-state index in [9.17, 15) is 13.2 Å². The van der Waals surface area contributed by atoms with Crippen molar-refractivity contribution in [2.75, 3.05) is 45.5 Å². The molecule has 1 aromatic heterocycles. The highest BCUT2D eigenvalue weighted by Crippen LogP contribution is 2.20. The van der Waals surface area contributed by atoms with Gasteiger partial charge in [-0.1, -0.05) is 0 Å². The Morgan fingerprint density at radius 1 is 1.23 bits per heavy atom. The smallest absolute Gasteiger partial charge is 0.254 e. The van der Waals surface area contributed by atoms with Crippen LogP contribution in [0.2, 0.25) is 0 Å². The van der Waals surface area contributed by atoms with Crippen LogP contribution in [0.15, 0.2) is 16.8 Å². The van der Waals surface area contributed by atoms with Crippen LogP contribution >= 0.6 is 11.3 Å². The van der Waals surface area contributed by atoms with Gasteiger partial charge in [-0.25, -0.2) is 12.7 Å². The van der Waals surface area contributed by atoms with Gasteiger partial charge in [-0.3, -0.25) is 9.69 Å². The van der Waals surface area contributed by atoms with E-state index in [1.165, 1.54) is 17.6 Å². The highest BCUT2D eigenvalue weighted by Gasteiger charge is 2.34. The molecule has 0 aliphatic carbocycles. The molecule has 0 bridgehead atoms. The van der Waals surface area contributed by atoms with E-state index in [4.69, 9.17) is 0 Å². The average Bonchev–Trinajstić information content (AvgIpc) is 3.17. The quantitative estimate of drug-likeness (QED) is 0.804. The van der Waals surface area contributed by atoms with Crippen molar-refractivity contribution in [2.45, 2.75) is 12.5 Å². The lowest BCUT2D eigenvalue weighted by Gasteiger charge is -2.37. The number of carbonyl (C=O) groups is 1. The number of hydrogen-bond acceptors (Lipinski definition) is 5. The largest absolute Gasteiger partial charge is 0.336 e. The zero-order valence-electron chi connectivity index (χ0n) is 12.6. The maximum absolute atomic E-state index is 12.3. The van der Waals surface area contributed by atoms with E-state index in [1.807, 2.05) is 21.7 Å². The Morgan fingerprint density at radius 2 is 1.95 bits per heavy atom. The van der Waals surface area contributed by atoms with E-state index >= 15 is 0 Å². The van der Waals surface area contributed by atoms with Gasteiger partial charge in [-0.15, -0.1) is 0 Å². The van der Waals surface area contributed by atoms with Crippen LogP contribution in [0, 0.1) is 0 Å². The Balaban J connectivity index is 1.53. The number of carbonyl (C=O) groups excluding carboxylic acids is 1. The Hall–Kier alpha value is -0.960. The summed E-state index contributed by atoms with van der Waals surface area (Å²) < 4.78 is 24.7. The van der Waals surface area contributed by atoms with Crippen molar-refractivity contribution in [3.63, 3.8) is 0 Å². The normalized spacial score (nSPS) is 24.8. The molecule has 1 unspecified atom stereocenters. The molecule has 2 aliphatic rings. The van der Waals surface area contributed by atoms with Gasteiger partial charge in [0, 0.05) is 50.7 Å². The van der Waals surface area contributed by atoms with E-state index in [0.717, 1.165) is 25.1 Å². The second-order valence-electron chi connectivity index (χ2n) is 5.90. The summed E-state index contributed by atoms with van der Waals surface area (Å²) in [5.74, 6) is 0.102. The van der Waals surface area contributed by atoms with Crippen molar-refractivity contribution in [3.8, 4) is 0 Å². The minimum atomic E-state index is -3.08. The Bertz CT molecular complexity index is 622. The summed E-state index contributed by atoms with van der Waals surface area (Å²) in [4.78, 5) is 16.5. The number of amides is 1. The van der Waals surface area contributed by atoms with E-state index in [-0.39, 0.29) is 11.9 Å². The van der Waals surface area contributed by atoms with Gasteiger partial charge in [0.15, 0.2) is 0 Å². The fraction of sp³-hybridized carbons (Fsp3) is 0.643. The number of rotatable bonds is 3. The molecule has 3 rings (SSSR count). The summed E-state index contributed by atoms with van der Waals surface area (Å²) in [6.07, 6.45) is 2.15. The van der Waals surface area contributed by atoms with Crippen molar-refractivity contribution in [1.29, 1.82) is 0 Å². The molecular formula is C14H21N3O3S2. The lowest BCUT2D eigenvalue weighted by molar-refractivity contribution is 0.0580. The molecule has 1 atom stereocenters. The Labute approximate surface area is 135 Å². The molecule has 0 radical (unpaired) electrons. The van der Waals surface area contributed by atoms with Gasteiger partial charge in [-0.05, 0) is 17.9 Å². The monoisotopic (exact) mass is 343 g/mol. The third-order valence-corrected chi connectivity index (χ3v) is 6.43. The van der Waals surface area contributed by atoms with E-state index in [1.54, 1.807) is 4.31 Å². The van der Waals surface area contributed by atoms with Crippen LogP contribution in [0.4, 0.5) is 0 Å². The molecule has 2 aliphatic heterocycles. The van der Waals surface area contributed by atoms with Gasteiger partial charge in [0.05, 0.1) is 11.8 Å². The predicted octanol–water partition coefficient (Wildman–Crippen LogP) is 0.540. The van der Waals surface area contributed by atoms with E-state index < -0.39 is 10.0 Å². The van der Waals surface area contributed by atoms with Gasteiger partial charge in [0.25, 0.3) is 5.91 Å². The molecule has 1 aromatic rings. The number of piperazine rings is 1. The van der Waals surface area contributed by atoms with Gasteiger partial charge in [0.2, 0.25) is 10.0 Å². The fourth-order valence-electron chi connectivity index (χ4n) is 3.17. The zero-order chi connectivity index (χ0) is 15.7. The third kappa shape index (κ3) is 3.34. The summed E-state index contributed by atoms with van der Waals surface area (Å²) in [7, 11) is -3.08. The van der Waals surface area contributed by atoms with Crippen LogP contribution in [0.3, 0.4) is 0 Å². The summed E-state index contributed by atoms with van der Waals surface area (Å²) in [6, 6.07) is 2.15. The molecule has 8 heteroatoms. The zero-order valence-corrected chi connectivity index (χ0v) is 14.3. The van der Waals surface area contributed by atoms with Crippen molar-refractivity contribution in [1.82, 2.24) is 14.1 Å². The van der Waals surface area contributed by atoms with Gasteiger partial charge < -0.3 is 4.90 Å². The number of hydrogen-bond donors (Lipinski definition) is 0. The molecule has 0 N–H and O–H groups in total. The minimum Gasteiger partial charge on any atom is -0.336 e. The summed E-state index contributed by atoms with van der Waals surface area (Å²) in [6.45, 7) is 4.25. The van der Waals surface area contributed by atoms with Crippen LogP contribution in [-0.2, 0) is 10.0 Å². The van der Waals surface area contributed by atoms with Crippen molar-refractivity contribution >= 4 is 27.3 Å². The molecule has 2 fully saturated rings. The van der Waals surface area contributed by atoms with Crippen LogP contribution in [0.1, 0.15) is 16.8 Å². The Kier molecular flexibility index (Phi) is 4.54. The highest BCUT2D eigenvalue weighted by molar-refractivity contribution is 7.88. The van der Waals surface area contributed by atoms with Crippen molar-refractivity contribution < 1.29 is 13.2 Å². The van der Waals surface area contributed by atoms with E-state index in [2.05, 4.69) is 4.90 Å². The highest BCUT2D eigenvalue weighted by atomic mass is 32.2. The number of sulfonamides is 1. The maximum atomic E-state index is 12.3. The molecule has 0 aromatic carbocycles.